The van der Waals surface area contributed by atoms with Crippen LogP contribution in [-0.2, 0) is 0 Å². The molecule has 2 aromatic heterocycles. The maximum absolute atomic E-state index is 13.6. The van der Waals surface area contributed by atoms with Crippen molar-refractivity contribution in [3.63, 3.8) is 0 Å². The molecule has 1 N–H and O–H groups in total. The Labute approximate surface area is 225 Å². The van der Waals surface area contributed by atoms with Gasteiger partial charge in [-0.3, -0.25) is 9.69 Å². The lowest BCUT2D eigenvalue weighted by Gasteiger charge is -2.39. The molecule has 11 nitrogen and oxygen atoms in total. The highest BCUT2D eigenvalue weighted by Gasteiger charge is 2.35. The van der Waals surface area contributed by atoms with Crippen LogP contribution in [0.2, 0.25) is 0 Å². The number of pyridine rings is 1. The van der Waals surface area contributed by atoms with Crippen LogP contribution in [-0.4, -0.2) is 70.2 Å². The first-order valence-electron chi connectivity index (χ1n) is 13.6. The molecular formula is C28H31N7O4. The fraction of sp³-hybridized carbons (Fsp3) is 0.429. The summed E-state index contributed by atoms with van der Waals surface area (Å²) in [6.07, 6.45) is 4.43. The average Bonchev–Trinajstić information content (AvgIpc) is 3.75. The van der Waals surface area contributed by atoms with Crippen molar-refractivity contribution >= 4 is 16.6 Å². The summed E-state index contributed by atoms with van der Waals surface area (Å²) in [7, 11) is 1.68. The van der Waals surface area contributed by atoms with E-state index in [1.807, 2.05) is 35.0 Å². The van der Waals surface area contributed by atoms with Gasteiger partial charge in [0.2, 0.25) is 6.79 Å². The van der Waals surface area contributed by atoms with Crippen LogP contribution in [0.1, 0.15) is 49.2 Å². The normalized spacial score (nSPS) is 18.6. The Morgan fingerprint density at radius 3 is 2.49 bits per heavy atom. The molecule has 0 unspecified atom stereocenters. The SMILES string of the molecule is COc1ccc(N2CCN([C@H](c3cc4cc5c(cc4[nH]c3=O)OCO5)c3nnnn3C3CCCC3)CC2)cc1. The first-order chi connectivity index (χ1) is 19.2. The van der Waals surface area contributed by atoms with E-state index in [0.717, 1.165) is 61.7 Å². The van der Waals surface area contributed by atoms with Crippen LogP contribution >= 0.6 is 0 Å². The smallest absolute Gasteiger partial charge is 0.253 e. The zero-order chi connectivity index (χ0) is 26.3. The average molecular weight is 530 g/mol. The molecule has 2 aliphatic heterocycles. The topological polar surface area (TPSA) is 111 Å². The van der Waals surface area contributed by atoms with Crippen LogP contribution in [0.15, 0.2) is 47.3 Å². The molecule has 0 amide bonds. The van der Waals surface area contributed by atoms with Crippen molar-refractivity contribution in [2.75, 3.05) is 45.0 Å². The Kier molecular flexibility index (Phi) is 6.07. The highest BCUT2D eigenvalue weighted by Crippen LogP contribution is 2.38. The molecular weight excluding hydrogens is 498 g/mol. The molecule has 0 radical (unpaired) electrons. The van der Waals surface area contributed by atoms with E-state index in [9.17, 15) is 4.79 Å². The number of methoxy groups -OCH3 is 1. The minimum atomic E-state index is -0.378. The Bertz CT molecular complexity index is 1540. The van der Waals surface area contributed by atoms with Gasteiger partial charge in [-0.05, 0) is 59.7 Å². The number of ether oxygens (including phenoxy) is 3. The second kappa shape index (κ2) is 9.88. The Morgan fingerprint density at radius 1 is 1.00 bits per heavy atom. The molecule has 3 aliphatic rings. The molecule has 2 aromatic carbocycles. The lowest BCUT2D eigenvalue weighted by Crippen LogP contribution is -2.49. The predicted molar refractivity (Wildman–Crippen MR) is 145 cm³/mol. The molecule has 11 heteroatoms. The number of rotatable bonds is 6. The third kappa shape index (κ3) is 4.36. The molecule has 1 saturated carbocycles. The number of nitrogens with one attached hydrogen (secondary N) is 1. The van der Waals surface area contributed by atoms with Gasteiger partial charge >= 0.3 is 0 Å². The third-order valence-corrected chi connectivity index (χ3v) is 8.21. The van der Waals surface area contributed by atoms with Crippen LogP contribution in [0, 0.1) is 0 Å². The standard InChI is InChI=1S/C28H31N7O4/c1-37-21-8-6-19(7-9-21)33-10-12-34(13-11-33)26(27-30-31-32-35(27)20-4-2-3-5-20)22-14-18-15-24-25(39-17-38-24)16-23(18)29-28(22)36/h6-9,14-16,20,26H,2-5,10-13,17H2,1H3,(H,29,36)/t26-/m1/s1. The lowest BCUT2D eigenvalue weighted by molar-refractivity contribution is 0.174. The zero-order valence-corrected chi connectivity index (χ0v) is 21.9. The fourth-order valence-corrected chi connectivity index (χ4v) is 6.14. The highest BCUT2D eigenvalue weighted by atomic mass is 16.7. The van der Waals surface area contributed by atoms with Gasteiger partial charge in [0.1, 0.15) is 11.8 Å². The van der Waals surface area contributed by atoms with E-state index in [-0.39, 0.29) is 24.4 Å². The fourth-order valence-electron chi connectivity index (χ4n) is 6.14. The molecule has 0 bridgehead atoms. The number of H-pyrrole nitrogens is 1. The predicted octanol–water partition coefficient (Wildman–Crippen LogP) is 3.28. The van der Waals surface area contributed by atoms with Crippen molar-refractivity contribution in [3.8, 4) is 17.2 Å². The summed E-state index contributed by atoms with van der Waals surface area (Å²) in [4.78, 5) is 21.4. The first-order valence-corrected chi connectivity index (χ1v) is 13.6. The summed E-state index contributed by atoms with van der Waals surface area (Å²) in [5.41, 5.74) is 2.35. The van der Waals surface area contributed by atoms with Crippen molar-refractivity contribution in [2.24, 2.45) is 0 Å². The van der Waals surface area contributed by atoms with Gasteiger partial charge in [-0.15, -0.1) is 5.10 Å². The van der Waals surface area contributed by atoms with Crippen LogP contribution in [0.25, 0.3) is 10.9 Å². The van der Waals surface area contributed by atoms with Gasteiger partial charge in [-0.1, -0.05) is 12.8 Å². The maximum atomic E-state index is 13.6. The van der Waals surface area contributed by atoms with E-state index >= 15 is 0 Å². The largest absolute Gasteiger partial charge is 0.497 e. The summed E-state index contributed by atoms with van der Waals surface area (Å²) in [5.74, 6) is 2.89. The van der Waals surface area contributed by atoms with Gasteiger partial charge in [0.05, 0.1) is 18.7 Å². The minimum absolute atomic E-state index is 0.148. The number of hydrogen-bond donors (Lipinski definition) is 1. The van der Waals surface area contributed by atoms with Crippen molar-refractivity contribution in [3.05, 3.63) is 64.2 Å². The molecule has 0 spiro atoms. The van der Waals surface area contributed by atoms with Crippen LogP contribution < -0.4 is 24.7 Å². The first kappa shape index (κ1) is 24.0. The van der Waals surface area contributed by atoms with E-state index in [0.29, 0.717) is 22.6 Å². The molecule has 4 heterocycles. The number of anilines is 1. The van der Waals surface area contributed by atoms with Gasteiger partial charge in [0.15, 0.2) is 17.3 Å². The van der Waals surface area contributed by atoms with Crippen LogP contribution in [0.3, 0.4) is 0 Å². The zero-order valence-electron chi connectivity index (χ0n) is 21.9. The molecule has 1 atom stereocenters. The van der Waals surface area contributed by atoms with E-state index in [4.69, 9.17) is 14.2 Å². The number of tetrazole rings is 1. The number of aromatic amines is 1. The Hall–Kier alpha value is -4.12. The van der Waals surface area contributed by atoms with E-state index in [1.165, 1.54) is 12.8 Å². The second-order valence-corrected chi connectivity index (χ2v) is 10.4. The number of nitrogens with zero attached hydrogens (tertiary/aromatic N) is 6. The number of fused-ring (bicyclic) bond motifs is 2. The van der Waals surface area contributed by atoms with Gasteiger partial charge < -0.3 is 24.1 Å². The quantitative estimate of drug-likeness (QED) is 0.402. The van der Waals surface area contributed by atoms with Gasteiger partial charge in [-0.2, -0.15) is 0 Å². The third-order valence-electron chi connectivity index (χ3n) is 8.21. The van der Waals surface area contributed by atoms with E-state index < -0.39 is 0 Å². The highest BCUT2D eigenvalue weighted by molar-refractivity contribution is 5.83. The van der Waals surface area contributed by atoms with Gasteiger partial charge in [-0.25, -0.2) is 4.68 Å². The summed E-state index contributed by atoms with van der Waals surface area (Å²) in [5, 5.41) is 13.9. The maximum Gasteiger partial charge on any atom is 0.253 e. The molecule has 7 rings (SSSR count). The summed E-state index contributed by atoms with van der Waals surface area (Å²) < 4.78 is 18.4. The summed E-state index contributed by atoms with van der Waals surface area (Å²) >= 11 is 0. The number of benzene rings is 2. The molecule has 202 valence electrons. The Balaban J connectivity index is 1.25. The Morgan fingerprint density at radius 2 is 1.74 bits per heavy atom. The van der Waals surface area contributed by atoms with Crippen molar-refractivity contribution in [1.29, 1.82) is 0 Å². The molecule has 4 aromatic rings. The van der Waals surface area contributed by atoms with Crippen LogP contribution in [0.4, 0.5) is 5.69 Å². The van der Waals surface area contributed by atoms with E-state index in [2.05, 4.69) is 42.4 Å². The molecule has 1 aliphatic carbocycles. The second-order valence-electron chi connectivity index (χ2n) is 10.4. The minimum Gasteiger partial charge on any atom is -0.497 e. The van der Waals surface area contributed by atoms with Crippen molar-refractivity contribution in [1.82, 2.24) is 30.1 Å². The van der Waals surface area contributed by atoms with Gasteiger partial charge in [0.25, 0.3) is 5.56 Å². The summed E-state index contributed by atoms with van der Waals surface area (Å²) in [6.45, 7) is 3.33. The molecule has 1 saturated heterocycles. The lowest BCUT2D eigenvalue weighted by atomic mass is 10.0. The number of aromatic nitrogens is 5. The number of piperazine rings is 1. The summed E-state index contributed by atoms with van der Waals surface area (Å²) in [6, 6.07) is 13.7. The molecule has 2 fully saturated rings. The van der Waals surface area contributed by atoms with Crippen LogP contribution in [0.5, 0.6) is 17.2 Å². The monoisotopic (exact) mass is 529 g/mol. The number of hydrogen-bond acceptors (Lipinski definition) is 9. The van der Waals surface area contributed by atoms with Crippen molar-refractivity contribution < 1.29 is 14.2 Å². The van der Waals surface area contributed by atoms with Gasteiger partial charge in [0, 0.05) is 48.9 Å². The molecule has 39 heavy (non-hydrogen) atoms. The van der Waals surface area contributed by atoms with E-state index in [1.54, 1.807) is 7.11 Å². The van der Waals surface area contributed by atoms with Crippen molar-refractivity contribution in [2.45, 2.75) is 37.8 Å².